The lowest BCUT2D eigenvalue weighted by atomic mass is 10.1. The van der Waals surface area contributed by atoms with Crippen molar-refractivity contribution in [3.63, 3.8) is 0 Å². The number of aromatic nitrogens is 2. The standard InChI is InChI=1S/C11H8Cl2N2O/c1-16-8-4-2-3-7(5-8)9-6-10(12)14-15-11(9)13/h2-6H,1H3. The topological polar surface area (TPSA) is 35.0 Å². The third kappa shape index (κ3) is 2.26. The average Bonchev–Trinajstić information content (AvgIpc) is 2.32. The number of methoxy groups -OCH3 is 1. The quantitative estimate of drug-likeness (QED) is 0.824. The maximum absolute atomic E-state index is 5.95. The molecule has 82 valence electrons. The zero-order chi connectivity index (χ0) is 11.5. The summed E-state index contributed by atoms with van der Waals surface area (Å²) in [5.41, 5.74) is 1.63. The molecule has 0 aliphatic heterocycles. The van der Waals surface area contributed by atoms with Crippen LogP contribution in [0.2, 0.25) is 10.3 Å². The first-order chi connectivity index (χ1) is 7.70. The van der Waals surface area contributed by atoms with E-state index in [1.165, 1.54) is 0 Å². The normalized spacial score (nSPS) is 10.2. The summed E-state index contributed by atoms with van der Waals surface area (Å²) < 4.78 is 5.13. The fourth-order valence-electron chi connectivity index (χ4n) is 1.35. The molecule has 16 heavy (non-hydrogen) atoms. The van der Waals surface area contributed by atoms with Crippen LogP contribution in [0.4, 0.5) is 0 Å². The molecule has 1 aromatic carbocycles. The van der Waals surface area contributed by atoms with Crippen LogP contribution in [-0.4, -0.2) is 17.3 Å². The van der Waals surface area contributed by atoms with Gasteiger partial charge in [-0.1, -0.05) is 35.3 Å². The van der Waals surface area contributed by atoms with E-state index in [1.807, 2.05) is 24.3 Å². The first-order valence-corrected chi connectivity index (χ1v) is 5.29. The van der Waals surface area contributed by atoms with Crippen molar-refractivity contribution in [2.24, 2.45) is 0 Å². The summed E-state index contributed by atoms with van der Waals surface area (Å²) in [6.45, 7) is 0. The van der Waals surface area contributed by atoms with E-state index in [2.05, 4.69) is 10.2 Å². The van der Waals surface area contributed by atoms with Gasteiger partial charge in [0.25, 0.3) is 0 Å². The zero-order valence-corrected chi connectivity index (χ0v) is 9.96. The predicted octanol–water partition coefficient (Wildman–Crippen LogP) is 3.46. The van der Waals surface area contributed by atoms with Gasteiger partial charge >= 0.3 is 0 Å². The van der Waals surface area contributed by atoms with E-state index in [4.69, 9.17) is 27.9 Å². The molecular formula is C11H8Cl2N2O. The lowest BCUT2D eigenvalue weighted by Crippen LogP contribution is -1.89. The number of halogens is 2. The number of benzene rings is 1. The van der Waals surface area contributed by atoms with Crippen LogP contribution in [0.15, 0.2) is 30.3 Å². The number of hydrogen-bond acceptors (Lipinski definition) is 3. The third-order valence-corrected chi connectivity index (χ3v) is 2.56. The van der Waals surface area contributed by atoms with Gasteiger partial charge in [0.2, 0.25) is 0 Å². The van der Waals surface area contributed by atoms with E-state index in [0.717, 1.165) is 16.9 Å². The van der Waals surface area contributed by atoms with Crippen molar-refractivity contribution in [1.29, 1.82) is 0 Å². The fraction of sp³-hybridized carbons (Fsp3) is 0.0909. The Morgan fingerprint density at radius 3 is 2.69 bits per heavy atom. The Kier molecular flexibility index (Phi) is 3.27. The van der Waals surface area contributed by atoms with Crippen LogP contribution >= 0.6 is 23.2 Å². The van der Waals surface area contributed by atoms with Crippen LogP contribution in [0.5, 0.6) is 5.75 Å². The molecule has 0 radical (unpaired) electrons. The second kappa shape index (κ2) is 4.68. The van der Waals surface area contributed by atoms with Crippen LogP contribution < -0.4 is 4.74 Å². The Balaban J connectivity index is 2.53. The molecular weight excluding hydrogens is 247 g/mol. The summed E-state index contributed by atoms with van der Waals surface area (Å²) in [5, 5.41) is 8.04. The van der Waals surface area contributed by atoms with Crippen LogP contribution in [0.1, 0.15) is 0 Å². The number of ether oxygens (including phenoxy) is 1. The summed E-state index contributed by atoms with van der Waals surface area (Å²) in [5.74, 6) is 0.751. The molecule has 5 heteroatoms. The van der Waals surface area contributed by atoms with E-state index >= 15 is 0 Å². The number of rotatable bonds is 2. The molecule has 0 aliphatic rings. The van der Waals surface area contributed by atoms with Crippen LogP contribution in [0.25, 0.3) is 11.1 Å². The molecule has 2 aromatic rings. The van der Waals surface area contributed by atoms with Gasteiger partial charge in [0.05, 0.1) is 7.11 Å². The molecule has 0 aliphatic carbocycles. The number of nitrogens with zero attached hydrogens (tertiary/aromatic N) is 2. The van der Waals surface area contributed by atoms with Gasteiger partial charge in [0.15, 0.2) is 10.3 Å². The Labute approximate surface area is 103 Å². The Morgan fingerprint density at radius 2 is 1.94 bits per heavy atom. The van der Waals surface area contributed by atoms with Gasteiger partial charge in [-0.15, -0.1) is 10.2 Å². The molecule has 0 bridgehead atoms. The van der Waals surface area contributed by atoms with Crippen molar-refractivity contribution in [3.8, 4) is 16.9 Å². The van der Waals surface area contributed by atoms with E-state index in [9.17, 15) is 0 Å². The van der Waals surface area contributed by atoms with Gasteiger partial charge in [-0.25, -0.2) is 0 Å². The molecule has 0 saturated carbocycles. The van der Waals surface area contributed by atoms with Gasteiger partial charge in [-0.2, -0.15) is 0 Å². The molecule has 0 fully saturated rings. The molecule has 2 rings (SSSR count). The summed E-state index contributed by atoms with van der Waals surface area (Å²) in [6.07, 6.45) is 0. The van der Waals surface area contributed by atoms with Crippen LogP contribution in [0, 0.1) is 0 Å². The van der Waals surface area contributed by atoms with Crippen LogP contribution in [-0.2, 0) is 0 Å². The highest BCUT2D eigenvalue weighted by Crippen LogP contribution is 2.29. The van der Waals surface area contributed by atoms with Crippen molar-refractivity contribution >= 4 is 23.2 Å². The molecule has 0 N–H and O–H groups in total. The lowest BCUT2D eigenvalue weighted by Gasteiger charge is -2.05. The highest BCUT2D eigenvalue weighted by molar-refractivity contribution is 6.33. The molecule has 0 saturated heterocycles. The first kappa shape index (κ1) is 11.2. The van der Waals surface area contributed by atoms with E-state index < -0.39 is 0 Å². The van der Waals surface area contributed by atoms with Gasteiger partial charge in [-0.3, -0.25) is 0 Å². The van der Waals surface area contributed by atoms with E-state index in [-0.39, 0.29) is 0 Å². The largest absolute Gasteiger partial charge is 0.497 e. The Hall–Kier alpha value is -1.32. The fourth-order valence-corrected chi connectivity index (χ4v) is 1.69. The second-order valence-electron chi connectivity index (χ2n) is 3.10. The predicted molar refractivity (Wildman–Crippen MR) is 64.0 cm³/mol. The molecule has 1 aromatic heterocycles. The van der Waals surface area contributed by atoms with Crippen molar-refractivity contribution in [1.82, 2.24) is 10.2 Å². The minimum Gasteiger partial charge on any atom is -0.497 e. The van der Waals surface area contributed by atoms with E-state index in [1.54, 1.807) is 13.2 Å². The maximum atomic E-state index is 5.95. The van der Waals surface area contributed by atoms with Crippen molar-refractivity contribution in [2.45, 2.75) is 0 Å². The maximum Gasteiger partial charge on any atom is 0.159 e. The molecule has 1 heterocycles. The molecule has 0 atom stereocenters. The summed E-state index contributed by atoms with van der Waals surface area (Å²) in [4.78, 5) is 0. The zero-order valence-electron chi connectivity index (χ0n) is 8.45. The van der Waals surface area contributed by atoms with E-state index in [0.29, 0.717) is 10.3 Å². The van der Waals surface area contributed by atoms with Gasteiger partial charge in [-0.05, 0) is 23.8 Å². The SMILES string of the molecule is COc1cccc(-c2cc(Cl)nnc2Cl)c1. The highest BCUT2D eigenvalue weighted by Gasteiger charge is 2.07. The van der Waals surface area contributed by atoms with Gasteiger partial charge < -0.3 is 4.74 Å². The minimum absolute atomic E-state index is 0.308. The monoisotopic (exact) mass is 254 g/mol. The molecule has 0 spiro atoms. The Bertz CT molecular complexity index is 517. The Morgan fingerprint density at radius 1 is 1.12 bits per heavy atom. The minimum atomic E-state index is 0.308. The molecule has 0 amide bonds. The summed E-state index contributed by atoms with van der Waals surface area (Å²) in [6, 6.07) is 9.17. The van der Waals surface area contributed by atoms with Crippen molar-refractivity contribution in [2.75, 3.05) is 7.11 Å². The molecule has 0 unspecified atom stereocenters. The highest BCUT2D eigenvalue weighted by atomic mass is 35.5. The number of hydrogen-bond donors (Lipinski definition) is 0. The van der Waals surface area contributed by atoms with Crippen molar-refractivity contribution < 1.29 is 4.74 Å². The van der Waals surface area contributed by atoms with Crippen LogP contribution in [0.3, 0.4) is 0 Å². The smallest absolute Gasteiger partial charge is 0.159 e. The second-order valence-corrected chi connectivity index (χ2v) is 3.85. The summed E-state index contributed by atoms with van der Waals surface area (Å²) in [7, 11) is 1.61. The molecule has 3 nitrogen and oxygen atoms in total. The van der Waals surface area contributed by atoms with Gasteiger partial charge in [0, 0.05) is 5.56 Å². The van der Waals surface area contributed by atoms with Gasteiger partial charge in [0.1, 0.15) is 5.75 Å². The first-order valence-electron chi connectivity index (χ1n) is 4.54. The summed E-state index contributed by atoms with van der Waals surface area (Å²) >= 11 is 11.7. The van der Waals surface area contributed by atoms with Crippen molar-refractivity contribution in [3.05, 3.63) is 40.6 Å². The third-order valence-electron chi connectivity index (χ3n) is 2.10. The average molecular weight is 255 g/mol. The lowest BCUT2D eigenvalue weighted by molar-refractivity contribution is 0.415.